The molecule has 1 aliphatic carbocycles. The molecule has 0 spiro atoms. The first kappa shape index (κ1) is 29.7. The predicted molar refractivity (Wildman–Crippen MR) is 219 cm³/mol. The van der Waals surface area contributed by atoms with Crippen LogP contribution in [0.2, 0.25) is 0 Å². The topological polar surface area (TPSA) is 8.17 Å². The second kappa shape index (κ2) is 12.3. The van der Waals surface area contributed by atoms with E-state index in [9.17, 15) is 0 Å². The first-order valence-electron chi connectivity index (χ1n) is 17.7. The predicted octanol–water partition coefficient (Wildman–Crippen LogP) is 13.7. The van der Waals surface area contributed by atoms with Crippen LogP contribution >= 0.6 is 11.3 Å². The summed E-state index contributed by atoms with van der Waals surface area (Å²) in [4.78, 5) is 2.43. The monoisotopic (exact) mass is 670 g/mol. The van der Waals surface area contributed by atoms with Crippen molar-refractivity contribution in [2.45, 2.75) is 12.8 Å². The van der Waals surface area contributed by atoms with Crippen LogP contribution in [0, 0.1) is 0 Å². The van der Waals surface area contributed by atoms with Crippen LogP contribution in [0.5, 0.6) is 0 Å². The molecular weight excluding hydrogens is 637 g/mol. The number of thiophene rings is 1. The van der Waals surface area contributed by atoms with Crippen molar-refractivity contribution in [1.82, 2.24) is 4.57 Å². The molecule has 2 nitrogen and oxygen atoms in total. The number of fused-ring (bicyclic) bond motifs is 6. The van der Waals surface area contributed by atoms with Gasteiger partial charge < -0.3 is 9.47 Å². The van der Waals surface area contributed by atoms with Gasteiger partial charge in [0.15, 0.2) is 0 Å². The maximum Gasteiger partial charge on any atom is 0.0541 e. The lowest BCUT2D eigenvalue weighted by Gasteiger charge is -2.29. The summed E-state index contributed by atoms with van der Waals surface area (Å²) in [5.74, 6) is 0. The summed E-state index contributed by atoms with van der Waals surface area (Å²) in [6.45, 7) is 0. The van der Waals surface area contributed by atoms with E-state index >= 15 is 0 Å². The number of benzene rings is 7. The highest BCUT2D eigenvalue weighted by Crippen LogP contribution is 2.42. The Morgan fingerprint density at radius 3 is 1.80 bits per heavy atom. The van der Waals surface area contributed by atoms with Crippen LogP contribution in [0.4, 0.5) is 11.4 Å². The largest absolute Gasteiger partial charge is 0.311 e. The van der Waals surface area contributed by atoms with Crippen molar-refractivity contribution >= 4 is 70.3 Å². The van der Waals surface area contributed by atoms with Gasteiger partial charge in [0.05, 0.1) is 11.0 Å². The highest BCUT2D eigenvalue weighted by molar-refractivity contribution is 7.26. The summed E-state index contributed by atoms with van der Waals surface area (Å²) in [7, 11) is 0. The smallest absolute Gasteiger partial charge is 0.0541 e. The number of aromatic nitrogens is 1. The lowest BCUT2D eigenvalue weighted by Crippen LogP contribution is -2.17. The molecule has 0 amide bonds. The minimum Gasteiger partial charge on any atom is -0.311 e. The van der Waals surface area contributed by atoms with Crippen LogP contribution in [0.1, 0.15) is 18.4 Å². The second-order valence-corrected chi connectivity index (χ2v) is 14.3. The molecule has 9 aromatic rings. The molecule has 242 valence electrons. The lowest BCUT2D eigenvalue weighted by atomic mass is 9.94. The number of anilines is 2. The van der Waals surface area contributed by atoms with E-state index in [1.165, 1.54) is 69.9 Å². The van der Waals surface area contributed by atoms with E-state index in [0.29, 0.717) is 0 Å². The van der Waals surface area contributed by atoms with Crippen molar-refractivity contribution in [3.05, 3.63) is 193 Å². The highest BCUT2D eigenvalue weighted by atomic mass is 32.1. The molecule has 7 aromatic carbocycles. The van der Waals surface area contributed by atoms with Gasteiger partial charge in [-0.25, -0.2) is 0 Å². The Kier molecular flexibility index (Phi) is 7.18. The number of allylic oxidation sites excluding steroid dienone is 3. The molecule has 2 heterocycles. The van der Waals surface area contributed by atoms with Gasteiger partial charge in [0.2, 0.25) is 0 Å². The van der Waals surface area contributed by atoms with Crippen LogP contribution in [0.15, 0.2) is 188 Å². The number of hydrogen-bond acceptors (Lipinski definition) is 2. The Morgan fingerprint density at radius 2 is 1.08 bits per heavy atom. The van der Waals surface area contributed by atoms with E-state index in [2.05, 4.69) is 191 Å². The van der Waals surface area contributed by atoms with E-state index < -0.39 is 0 Å². The van der Waals surface area contributed by atoms with Crippen molar-refractivity contribution in [1.29, 1.82) is 0 Å². The molecule has 3 heteroatoms. The molecule has 0 aliphatic heterocycles. The summed E-state index contributed by atoms with van der Waals surface area (Å²) in [6, 6.07) is 61.7. The number of para-hydroxylation sites is 2. The van der Waals surface area contributed by atoms with Gasteiger partial charge in [-0.1, -0.05) is 121 Å². The number of nitrogens with zero attached hydrogens (tertiary/aromatic N) is 2. The van der Waals surface area contributed by atoms with E-state index in [4.69, 9.17) is 0 Å². The molecule has 51 heavy (non-hydrogen) atoms. The second-order valence-electron chi connectivity index (χ2n) is 13.3. The molecule has 1 aliphatic rings. The first-order chi connectivity index (χ1) is 25.3. The summed E-state index contributed by atoms with van der Waals surface area (Å²) >= 11 is 1.91. The summed E-state index contributed by atoms with van der Waals surface area (Å²) in [5, 5.41) is 5.24. The van der Waals surface area contributed by atoms with Crippen molar-refractivity contribution < 1.29 is 0 Å². The Hall–Kier alpha value is -6.16. The Labute approximate surface area is 301 Å². The molecular formula is C48H34N2S. The molecule has 0 N–H and O–H groups in total. The van der Waals surface area contributed by atoms with Crippen LogP contribution in [0.3, 0.4) is 0 Å². The fourth-order valence-corrected chi connectivity index (χ4v) is 9.14. The standard InChI is InChI=1S/C48H34N2S/c1-2-12-33(13-3-1)34-24-26-36(27-25-34)49(37-28-30-38(31-29-37)50-45-21-7-4-16-41(45)42-17-5-8-22-46(42)50)39-15-10-14-35(32-39)40-19-11-20-44-43-18-6-9-23-47(43)51-48(40)44/h1-9,11-13,15-32H,10,14H2. The zero-order valence-corrected chi connectivity index (χ0v) is 28.9. The highest BCUT2D eigenvalue weighted by Gasteiger charge is 2.20. The molecule has 0 atom stereocenters. The Morgan fingerprint density at radius 1 is 0.490 bits per heavy atom. The third-order valence-electron chi connectivity index (χ3n) is 10.3. The minimum atomic E-state index is 0.987. The van der Waals surface area contributed by atoms with Gasteiger partial charge >= 0.3 is 0 Å². The lowest BCUT2D eigenvalue weighted by molar-refractivity contribution is 1.01. The third kappa shape index (κ3) is 5.09. The summed E-state index contributed by atoms with van der Waals surface area (Å²) < 4.78 is 5.10. The van der Waals surface area contributed by atoms with Gasteiger partial charge in [-0.05, 0) is 95.8 Å². The molecule has 0 saturated heterocycles. The van der Waals surface area contributed by atoms with Crippen molar-refractivity contribution in [3.63, 3.8) is 0 Å². The maximum absolute atomic E-state index is 2.43. The molecule has 0 bridgehead atoms. The van der Waals surface area contributed by atoms with Crippen LogP contribution in [-0.2, 0) is 0 Å². The SMILES string of the molecule is C1=C(c2cccc3c2sc2ccccc23)CCC=C1N(c1ccc(-c2ccccc2)cc1)c1ccc(-n2c3ccccc3c3ccccc32)cc1. The van der Waals surface area contributed by atoms with E-state index in [-0.39, 0.29) is 0 Å². The van der Waals surface area contributed by atoms with Crippen molar-refractivity contribution in [2.24, 2.45) is 0 Å². The van der Waals surface area contributed by atoms with Gasteiger partial charge in [-0.2, -0.15) is 0 Å². The van der Waals surface area contributed by atoms with E-state index in [1.54, 1.807) is 0 Å². The average molecular weight is 671 g/mol. The average Bonchev–Trinajstić information content (AvgIpc) is 3.75. The van der Waals surface area contributed by atoms with Gasteiger partial charge in [-0.15, -0.1) is 11.3 Å². The van der Waals surface area contributed by atoms with Gasteiger partial charge in [-0.3, -0.25) is 0 Å². The molecule has 10 rings (SSSR count). The van der Waals surface area contributed by atoms with Crippen LogP contribution in [-0.4, -0.2) is 4.57 Å². The van der Waals surface area contributed by atoms with E-state index in [0.717, 1.165) is 29.9 Å². The third-order valence-corrected chi connectivity index (χ3v) is 11.5. The van der Waals surface area contributed by atoms with Crippen LogP contribution < -0.4 is 4.90 Å². The zero-order chi connectivity index (χ0) is 33.7. The summed E-state index contributed by atoms with van der Waals surface area (Å²) in [6.07, 6.45) is 6.83. The number of hydrogen-bond donors (Lipinski definition) is 0. The molecule has 0 radical (unpaired) electrons. The molecule has 0 unspecified atom stereocenters. The fourth-order valence-electron chi connectivity index (χ4n) is 7.89. The Bertz CT molecular complexity index is 2730. The Balaban J connectivity index is 1.09. The zero-order valence-electron chi connectivity index (χ0n) is 28.0. The minimum absolute atomic E-state index is 0.987. The van der Waals surface area contributed by atoms with Gasteiger partial charge in [0.1, 0.15) is 0 Å². The van der Waals surface area contributed by atoms with Gasteiger partial charge in [0, 0.05) is 53.7 Å². The quantitative estimate of drug-likeness (QED) is 0.171. The normalized spacial score (nSPS) is 13.2. The summed E-state index contributed by atoms with van der Waals surface area (Å²) in [5.41, 5.74) is 12.2. The van der Waals surface area contributed by atoms with Crippen molar-refractivity contribution in [3.8, 4) is 16.8 Å². The molecule has 2 aromatic heterocycles. The maximum atomic E-state index is 2.43. The number of rotatable bonds is 6. The first-order valence-corrected chi connectivity index (χ1v) is 18.5. The van der Waals surface area contributed by atoms with E-state index in [1.807, 2.05) is 11.3 Å². The fraction of sp³-hybridized carbons (Fsp3) is 0.0417. The molecule has 0 fully saturated rings. The van der Waals surface area contributed by atoms with Crippen molar-refractivity contribution in [2.75, 3.05) is 4.90 Å². The molecule has 0 saturated carbocycles. The van der Waals surface area contributed by atoms with Gasteiger partial charge in [0.25, 0.3) is 0 Å². The van der Waals surface area contributed by atoms with Crippen LogP contribution in [0.25, 0.3) is 64.4 Å².